The summed E-state index contributed by atoms with van der Waals surface area (Å²) in [5.74, 6) is -1.04. The highest BCUT2D eigenvalue weighted by atomic mass is 19.1. The predicted octanol–water partition coefficient (Wildman–Crippen LogP) is 1.62. The largest absolute Gasteiger partial charge is 0.323 e. The Morgan fingerprint density at radius 1 is 1.42 bits per heavy atom. The summed E-state index contributed by atoms with van der Waals surface area (Å²) in [5, 5.41) is 11.5. The number of halogens is 1. The first-order valence-electron chi connectivity index (χ1n) is 7.18. The van der Waals surface area contributed by atoms with Crippen molar-refractivity contribution in [3.63, 3.8) is 0 Å². The molecule has 7 nitrogen and oxygen atoms in total. The highest BCUT2D eigenvalue weighted by Gasteiger charge is 2.38. The Kier molecular flexibility index (Phi) is 4.16. The summed E-state index contributed by atoms with van der Waals surface area (Å²) in [5.41, 5.74) is 0.547. The van der Waals surface area contributed by atoms with Crippen molar-refractivity contribution in [3.8, 4) is 6.07 Å². The molecule has 120 valence electrons. The molecule has 1 atom stereocenters. The molecule has 2 aromatic heterocycles. The maximum absolute atomic E-state index is 13.2. The molecule has 3 rings (SSSR count). The van der Waals surface area contributed by atoms with E-state index in [0.717, 1.165) is 12.3 Å². The van der Waals surface area contributed by atoms with Crippen LogP contribution in [-0.2, 0) is 9.59 Å². The van der Waals surface area contributed by atoms with E-state index in [-0.39, 0.29) is 23.8 Å². The molecular formula is C16H12FN5O2. The number of amides is 2. The van der Waals surface area contributed by atoms with Crippen LogP contribution in [0.1, 0.15) is 18.4 Å². The number of pyridine rings is 2. The van der Waals surface area contributed by atoms with Crippen LogP contribution in [0.25, 0.3) is 0 Å². The molecular weight excluding hydrogens is 313 g/mol. The Hall–Kier alpha value is -3.34. The third kappa shape index (κ3) is 3.05. The number of aromatic nitrogens is 2. The van der Waals surface area contributed by atoms with E-state index in [1.165, 1.54) is 29.4 Å². The van der Waals surface area contributed by atoms with Gasteiger partial charge in [0.2, 0.25) is 11.8 Å². The molecule has 24 heavy (non-hydrogen) atoms. The minimum atomic E-state index is -0.776. The molecule has 0 aliphatic carbocycles. The van der Waals surface area contributed by atoms with Gasteiger partial charge in [-0.25, -0.2) is 9.37 Å². The van der Waals surface area contributed by atoms with Gasteiger partial charge < -0.3 is 5.32 Å². The monoisotopic (exact) mass is 325 g/mol. The van der Waals surface area contributed by atoms with Gasteiger partial charge in [0.1, 0.15) is 17.7 Å². The Labute approximate surface area is 136 Å². The quantitative estimate of drug-likeness (QED) is 0.924. The molecule has 2 amide bonds. The van der Waals surface area contributed by atoms with Gasteiger partial charge in [0, 0.05) is 18.7 Å². The van der Waals surface area contributed by atoms with Gasteiger partial charge in [-0.1, -0.05) is 0 Å². The second-order valence-electron chi connectivity index (χ2n) is 5.21. The zero-order valence-electron chi connectivity index (χ0n) is 12.4. The van der Waals surface area contributed by atoms with E-state index < -0.39 is 17.8 Å². The molecule has 1 fully saturated rings. The summed E-state index contributed by atoms with van der Waals surface area (Å²) in [6, 6.07) is 5.29. The number of anilines is 2. The summed E-state index contributed by atoms with van der Waals surface area (Å²) in [6.45, 7) is 0. The Morgan fingerprint density at radius 2 is 2.25 bits per heavy atom. The fourth-order valence-corrected chi connectivity index (χ4v) is 2.54. The zero-order valence-corrected chi connectivity index (χ0v) is 12.4. The van der Waals surface area contributed by atoms with Crippen molar-refractivity contribution in [2.24, 2.45) is 0 Å². The van der Waals surface area contributed by atoms with Crippen LogP contribution in [0.3, 0.4) is 0 Å². The van der Waals surface area contributed by atoms with E-state index in [1.807, 2.05) is 6.07 Å². The lowest BCUT2D eigenvalue weighted by atomic mass is 10.2. The number of rotatable bonds is 3. The molecule has 0 radical (unpaired) electrons. The van der Waals surface area contributed by atoms with E-state index >= 15 is 0 Å². The van der Waals surface area contributed by atoms with Crippen molar-refractivity contribution in [1.82, 2.24) is 9.97 Å². The van der Waals surface area contributed by atoms with Crippen LogP contribution in [0, 0.1) is 17.1 Å². The molecule has 1 aliphatic rings. The van der Waals surface area contributed by atoms with Crippen LogP contribution in [0.5, 0.6) is 0 Å². The maximum Gasteiger partial charge on any atom is 0.247 e. The molecule has 1 aliphatic heterocycles. The van der Waals surface area contributed by atoms with Crippen molar-refractivity contribution >= 4 is 23.3 Å². The van der Waals surface area contributed by atoms with E-state index in [1.54, 1.807) is 0 Å². The predicted molar refractivity (Wildman–Crippen MR) is 82.3 cm³/mol. The van der Waals surface area contributed by atoms with Gasteiger partial charge in [-0.3, -0.25) is 19.5 Å². The first-order valence-corrected chi connectivity index (χ1v) is 7.18. The molecule has 0 aromatic carbocycles. The number of carbonyl (C=O) groups excluding carboxylic acids is 2. The van der Waals surface area contributed by atoms with E-state index in [9.17, 15) is 14.0 Å². The second kappa shape index (κ2) is 6.42. The molecule has 0 spiro atoms. The van der Waals surface area contributed by atoms with Crippen molar-refractivity contribution in [3.05, 3.63) is 48.2 Å². The molecule has 1 saturated heterocycles. The number of nitriles is 1. The molecule has 1 N–H and O–H groups in total. The third-order valence-electron chi connectivity index (χ3n) is 3.61. The lowest BCUT2D eigenvalue weighted by molar-refractivity contribution is -0.120. The molecule has 3 heterocycles. The second-order valence-corrected chi connectivity index (χ2v) is 5.21. The van der Waals surface area contributed by atoms with Crippen LogP contribution in [0.4, 0.5) is 15.9 Å². The summed E-state index contributed by atoms with van der Waals surface area (Å²) in [7, 11) is 0. The molecule has 0 bridgehead atoms. The normalized spacial score (nSPS) is 16.8. The van der Waals surface area contributed by atoms with E-state index in [4.69, 9.17) is 5.26 Å². The number of hydrogen-bond acceptors (Lipinski definition) is 5. The first kappa shape index (κ1) is 15.6. The lowest BCUT2D eigenvalue weighted by Gasteiger charge is -2.23. The fourth-order valence-electron chi connectivity index (χ4n) is 2.54. The lowest BCUT2D eigenvalue weighted by Crippen LogP contribution is -2.42. The minimum absolute atomic E-state index is 0.192. The smallest absolute Gasteiger partial charge is 0.247 e. The highest BCUT2D eigenvalue weighted by Crippen LogP contribution is 2.26. The van der Waals surface area contributed by atoms with Crippen molar-refractivity contribution in [2.75, 3.05) is 10.2 Å². The molecule has 8 heteroatoms. The van der Waals surface area contributed by atoms with Crippen LogP contribution in [-0.4, -0.2) is 27.8 Å². The van der Waals surface area contributed by atoms with Gasteiger partial charge in [0.05, 0.1) is 29.7 Å². The van der Waals surface area contributed by atoms with Crippen molar-refractivity contribution in [1.29, 1.82) is 5.26 Å². The van der Waals surface area contributed by atoms with Crippen LogP contribution in [0.15, 0.2) is 36.8 Å². The van der Waals surface area contributed by atoms with Crippen molar-refractivity contribution < 1.29 is 14.0 Å². The fraction of sp³-hybridized carbons (Fsp3) is 0.188. The summed E-state index contributed by atoms with van der Waals surface area (Å²) < 4.78 is 13.2. The molecule has 1 unspecified atom stereocenters. The van der Waals surface area contributed by atoms with Gasteiger partial charge in [0.15, 0.2) is 0 Å². The van der Waals surface area contributed by atoms with Gasteiger partial charge in [0.25, 0.3) is 0 Å². The number of nitrogens with zero attached hydrogens (tertiary/aromatic N) is 4. The van der Waals surface area contributed by atoms with Gasteiger partial charge in [-0.05, 0) is 18.6 Å². The summed E-state index contributed by atoms with van der Waals surface area (Å²) >= 11 is 0. The molecule has 2 aromatic rings. The van der Waals surface area contributed by atoms with E-state index in [2.05, 4.69) is 15.3 Å². The zero-order chi connectivity index (χ0) is 17.1. The average Bonchev–Trinajstić information content (AvgIpc) is 2.96. The molecule has 0 saturated carbocycles. The Balaban J connectivity index is 1.84. The average molecular weight is 325 g/mol. The summed E-state index contributed by atoms with van der Waals surface area (Å²) in [6.07, 6.45) is 4.25. The van der Waals surface area contributed by atoms with E-state index in [0.29, 0.717) is 12.0 Å². The first-order chi connectivity index (χ1) is 11.6. The summed E-state index contributed by atoms with van der Waals surface area (Å²) in [4.78, 5) is 33.6. The number of nitrogens with one attached hydrogen (secondary N) is 1. The highest BCUT2D eigenvalue weighted by molar-refractivity contribution is 6.07. The van der Waals surface area contributed by atoms with Gasteiger partial charge in [-0.2, -0.15) is 5.26 Å². The Bertz CT molecular complexity index is 848. The Morgan fingerprint density at radius 3 is 3.00 bits per heavy atom. The van der Waals surface area contributed by atoms with Gasteiger partial charge >= 0.3 is 0 Å². The third-order valence-corrected chi connectivity index (χ3v) is 3.61. The van der Waals surface area contributed by atoms with Crippen molar-refractivity contribution in [2.45, 2.75) is 18.9 Å². The number of hydrogen-bond donors (Lipinski definition) is 1. The minimum Gasteiger partial charge on any atom is -0.323 e. The van der Waals surface area contributed by atoms with Gasteiger partial charge in [-0.15, -0.1) is 0 Å². The SMILES string of the molecule is N#Cc1ccnc(N2C(=O)CCC2C(=O)Nc2cncc(F)c2)c1. The van der Waals surface area contributed by atoms with Crippen LogP contribution < -0.4 is 10.2 Å². The topological polar surface area (TPSA) is 99.0 Å². The standard InChI is InChI=1S/C16H12FN5O2/c17-11-6-12(9-19-8-11)21-16(24)13-1-2-15(23)22(13)14-5-10(7-18)3-4-20-14/h3-6,8-9,13H,1-2H2,(H,21,24). The maximum atomic E-state index is 13.2. The van der Waals surface area contributed by atoms with Crippen LogP contribution in [0.2, 0.25) is 0 Å². The van der Waals surface area contributed by atoms with Crippen LogP contribution >= 0.6 is 0 Å². The number of carbonyl (C=O) groups is 2.